The molecule has 0 radical (unpaired) electrons. The lowest BCUT2D eigenvalue weighted by molar-refractivity contribution is 0.0747. The number of nitrogens with one attached hydrogen (secondary N) is 1. The highest BCUT2D eigenvalue weighted by molar-refractivity contribution is 7.92. The molecule has 0 aliphatic rings. The van der Waals surface area contributed by atoms with Gasteiger partial charge >= 0.3 is 0 Å². The van der Waals surface area contributed by atoms with Crippen LogP contribution in [0.1, 0.15) is 22.8 Å². The zero-order chi connectivity index (χ0) is 20.2. The van der Waals surface area contributed by atoms with Crippen molar-refractivity contribution < 1.29 is 17.9 Å². The predicted molar refractivity (Wildman–Crippen MR) is 113 cm³/mol. The lowest BCUT2D eigenvalue weighted by Crippen LogP contribution is -2.40. The van der Waals surface area contributed by atoms with Crippen LogP contribution in [-0.2, 0) is 10.0 Å². The normalized spacial score (nSPS) is 11.9. The lowest BCUT2D eigenvalue weighted by Gasteiger charge is -2.24. The van der Waals surface area contributed by atoms with Gasteiger partial charge in [0, 0.05) is 25.2 Å². The van der Waals surface area contributed by atoms with Gasteiger partial charge in [0.25, 0.3) is 15.9 Å². The second-order valence-electron chi connectivity index (χ2n) is 6.28. The molecule has 0 fully saturated rings. The Morgan fingerprint density at radius 3 is 2.50 bits per heavy atom. The number of benzene rings is 2. The number of rotatable bonds is 7. The molecule has 1 unspecified atom stereocenters. The molecule has 1 amide bonds. The maximum absolute atomic E-state index is 12.8. The molecule has 2 aromatic rings. The first-order chi connectivity index (χ1) is 12.7. The second kappa shape index (κ2) is 9.77. The smallest absolute Gasteiger partial charge is 0.262 e. The molecule has 0 aliphatic carbocycles. The van der Waals surface area contributed by atoms with E-state index in [-0.39, 0.29) is 29.3 Å². The SMILES string of the molecule is COc1ccccc1NS(=O)(=O)c1ccc(C)c(C(=O)N(C)C(C)CN)c1.Cl. The summed E-state index contributed by atoms with van der Waals surface area (Å²) in [4.78, 5) is 14.2. The summed E-state index contributed by atoms with van der Waals surface area (Å²) >= 11 is 0. The molecule has 0 saturated heterocycles. The summed E-state index contributed by atoms with van der Waals surface area (Å²) in [6.07, 6.45) is 0. The molecule has 1 atom stereocenters. The van der Waals surface area contributed by atoms with E-state index in [2.05, 4.69) is 4.72 Å². The van der Waals surface area contributed by atoms with Crippen molar-refractivity contribution in [2.75, 3.05) is 25.4 Å². The van der Waals surface area contributed by atoms with Crippen LogP contribution in [0.3, 0.4) is 0 Å². The van der Waals surface area contributed by atoms with Gasteiger partial charge in [0.05, 0.1) is 17.7 Å². The number of methoxy groups -OCH3 is 1. The average molecular weight is 428 g/mol. The van der Waals surface area contributed by atoms with E-state index in [1.807, 2.05) is 6.92 Å². The third-order valence-electron chi connectivity index (χ3n) is 4.42. The summed E-state index contributed by atoms with van der Waals surface area (Å²) in [6, 6.07) is 11.0. The number of carbonyl (C=O) groups is 1. The highest BCUT2D eigenvalue weighted by Crippen LogP contribution is 2.27. The number of halogens is 1. The number of hydrogen-bond donors (Lipinski definition) is 2. The highest BCUT2D eigenvalue weighted by Gasteiger charge is 2.22. The highest BCUT2D eigenvalue weighted by atomic mass is 35.5. The molecule has 0 aliphatic heterocycles. The Kier molecular flexibility index (Phi) is 8.29. The minimum absolute atomic E-state index is 0. The van der Waals surface area contributed by atoms with Crippen LogP contribution in [0.5, 0.6) is 5.75 Å². The monoisotopic (exact) mass is 427 g/mol. The van der Waals surface area contributed by atoms with E-state index in [0.717, 1.165) is 0 Å². The van der Waals surface area contributed by atoms with Crippen LogP contribution in [0.4, 0.5) is 5.69 Å². The number of hydrogen-bond acceptors (Lipinski definition) is 5. The van der Waals surface area contributed by atoms with Crippen LogP contribution in [-0.4, -0.2) is 46.0 Å². The summed E-state index contributed by atoms with van der Waals surface area (Å²) in [5.74, 6) is 0.126. The molecule has 3 N–H and O–H groups in total. The topological polar surface area (TPSA) is 102 Å². The molecule has 0 saturated carbocycles. The number of amides is 1. The zero-order valence-corrected chi connectivity index (χ0v) is 17.9. The summed E-state index contributed by atoms with van der Waals surface area (Å²) < 4.78 is 33.3. The molecular weight excluding hydrogens is 402 g/mol. The fourth-order valence-electron chi connectivity index (χ4n) is 2.48. The van der Waals surface area contributed by atoms with Crippen molar-refractivity contribution in [2.45, 2.75) is 24.8 Å². The molecule has 7 nitrogen and oxygen atoms in total. The fraction of sp³-hybridized carbons (Fsp3) is 0.316. The van der Waals surface area contributed by atoms with Gasteiger partial charge < -0.3 is 15.4 Å². The van der Waals surface area contributed by atoms with Crippen molar-refractivity contribution in [2.24, 2.45) is 5.73 Å². The molecule has 154 valence electrons. The quantitative estimate of drug-likeness (QED) is 0.707. The van der Waals surface area contributed by atoms with Crippen LogP contribution in [0, 0.1) is 6.92 Å². The molecule has 0 aromatic heterocycles. The molecule has 9 heteroatoms. The predicted octanol–water partition coefficient (Wildman–Crippen LogP) is 2.65. The van der Waals surface area contributed by atoms with Gasteiger partial charge in [-0.1, -0.05) is 18.2 Å². The van der Waals surface area contributed by atoms with Crippen LogP contribution in [0.25, 0.3) is 0 Å². The van der Waals surface area contributed by atoms with Crippen LogP contribution in [0.15, 0.2) is 47.4 Å². The van der Waals surface area contributed by atoms with E-state index < -0.39 is 10.0 Å². The summed E-state index contributed by atoms with van der Waals surface area (Å²) in [7, 11) is -0.787. The summed E-state index contributed by atoms with van der Waals surface area (Å²) in [5.41, 5.74) is 6.96. The third kappa shape index (κ3) is 5.15. The van der Waals surface area contributed by atoms with E-state index in [1.54, 1.807) is 44.3 Å². The number of aryl methyl sites for hydroxylation is 1. The van der Waals surface area contributed by atoms with Gasteiger partial charge in [-0.2, -0.15) is 0 Å². The van der Waals surface area contributed by atoms with E-state index >= 15 is 0 Å². The lowest BCUT2D eigenvalue weighted by atomic mass is 10.1. The number of para-hydroxylation sites is 2. The Bertz CT molecular complexity index is 935. The zero-order valence-electron chi connectivity index (χ0n) is 16.3. The Labute approximate surface area is 172 Å². The van der Waals surface area contributed by atoms with Crippen molar-refractivity contribution in [1.82, 2.24) is 4.90 Å². The fourth-order valence-corrected chi connectivity index (χ4v) is 3.58. The van der Waals surface area contributed by atoms with Gasteiger partial charge in [0.2, 0.25) is 0 Å². The maximum atomic E-state index is 12.8. The molecule has 2 aromatic carbocycles. The summed E-state index contributed by atoms with van der Waals surface area (Å²) in [6.45, 7) is 3.91. The molecule has 28 heavy (non-hydrogen) atoms. The van der Waals surface area contributed by atoms with Crippen molar-refractivity contribution in [3.05, 3.63) is 53.6 Å². The molecule has 2 rings (SSSR count). The van der Waals surface area contributed by atoms with Crippen LogP contribution in [0.2, 0.25) is 0 Å². The van der Waals surface area contributed by atoms with Crippen LogP contribution < -0.4 is 15.2 Å². The van der Waals surface area contributed by atoms with Crippen molar-refractivity contribution in [1.29, 1.82) is 0 Å². The van der Waals surface area contributed by atoms with E-state index in [4.69, 9.17) is 10.5 Å². The standard InChI is InChI=1S/C19H25N3O4S.ClH/c1-13-9-10-15(11-16(13)19(23)22(3)14(2)12-20)27(24,25)21-17-7-5-6-8-18(17)26-4;/h5-11,14,21H,12,20H2,1-4H3;1H. The van der Waals surface area contributed by atoms with E-state index in [1.165, 1.54) is 24.1 Å². The van der Waals surface area contributed by atoms with Gasteiger partial charge in [0.1, 0.15) is 5.75 Å². The maximum Gasteiger partial charge on any atom is 0.262 e. The number of sulfonamides is 1. The Hall–Kier alpha value is -2.29. The van der Waals surface area contributed by atoms with E-state index in [0.29, 0.717) is 29.1 Å². The Morgan fingerprint density at radius 2 is 1.89 bits per heavy atom. The van der Waals surface area contributed by atoms with Gasteiger partial charge in [0.15, 0.2) is 0 Å². The van der Waals surface area contributed by atoms with Crippen molar-refractivity contribution in [3.63, 3.8) is 0 Å². The minimum atomic E-state index is -3.90. The number of nitrogens with zero attached hydrogens (tertiary/aromatic N) is 1. The minimum Gasteiger partial charge on any atom is -0.495 e. The molecule has 0 spiro atoms. The first-order valence-electron chi connectivity index (χ1n) is 8.45. The first-order valence-corrected chi connectivity index (χ1v) is 9.93. The van der Waals surface area contributed by atoms with Gasteiger partial charge in [-0.25, -0.2) is 8.42 Å². The third-order valence-corrected chi connectivity index (χ3v) is 5.79. The largest absolute Gasteiger partial charge is 0.495 e. The second-order valence-corrected chi connectivity index (χ2v) is 7.97. The Morgan fingerprint density at radius 1 is 1.25 bits per heavy atom. The number of likely N-dealkylation sites (N-methyl/N-ethyl adjacent to an activating group) is 1. The van der Waals surface area contributed by atoms with Gasteiger partial charge in [-0.05, 0) is 43.7 Å². The Balaban J connectivity index is 0.00000392. The number of carbonyl (C=O) groups excluding carboxylic acids is 1. The van der Waals surface area contributed by atoms with Crippen molar-refractivity contribution >= 4 is 34.0 Å². The van der Waals surface area contributed by atoms with Crippen molar-refractivity contribution in [3.8, 4) is 5.75 Å². The number of ether oxygens (including phenoxy) is 1. The average Bonchev–Trinajstić information content (AvgIpc) is 2.66. The molecule has 0 bridgehead atoms. The number of nitrogens with two attached hydrogens (primary N) is 1. The van der Waals surface area contributed by atoms with Gasteiger partial charge in [-0.15, -0.1) is 12.4 Å². The van der Waals surface area contributed by atoms with Crippen LogP contribution >= 0.6 is 12.4 Å². The number of anilines is 1. The first kappa shape index (κ1) is 23.7. The molecular formula is C19H26ClN3O4S. The van der Waals surface area contributed by atoms with Gasteiger partial charge in [-0.3, -0.25) is 9.52 Å². The van der Waals surface area contributed by atoms with E-state index in [9.17, 15) is 13.2 Å². The summed E-state index contributed by atoms with van der Waals surface area (Å²) in [5, 5.41) is 0. The molecule has 0 heterocycles.